The Morgan fingerprint density at radius 1 is 1.00 bits per heavy atom. The molecule has 19 heavy (non-hydrogen) atoms. The Kier molecular flexibility index (Phi) is 12.6. The van der Waals surface area contributed by atoms with Gasteiger partial charge in [-0.1, -0.05) is 50.3 Å². The molecule has 1 unspecified atom stereocenters. The first-order valence-electron chi connectivity index (χ1n) is 7.23. The van der Waals surface area contributed by atoms with Crippen molar-refractivity contribution in [3.8, 4) is 0 Å². The summed E-state index contributed by atoms with van der Waals surface area (Å²) >= 11 is 4.77. The van der Waals surface area contributed by atoms with Gasteiger partial charge in [0.1, 0.15) is 6.72 Å². The van der Waals surface area contributed by atoms with E-state index >= 15 is 0 Å². The van der Waals surface area contributed by atoms with Crippen molar-refractivity contribution in [1.82, 2.24) is 0 Å². The minimum atomic E-state index is -3.26. The van der Waals surface area contributed by atoms with Gasteiger partial charge < -0.3 is 19.0 Å². The lowest BCUT2D eigenvalue weighted by atomic mass is 10.1. The van der Waals surface area contributed by atoms with Crippen molar-refractivity contribution in [2.45, 2.75) is 71.3 Å². The van der Waals surface area contributed by atoms with Crippen molar-refractivity contribution < 1.29 is 19.0 Å². The largest absolute Gasteiger partial charge is 0.780 e. The highest BCUT2D eigenvalue weighted by molar-refractivity contribution is 8.06. The van der Waals surface area contributed by atoms with Crippen LogP contribution in [0.15, 0.2) is 0 Å². The Bertz CT molecular complexity index is 249. The van der Waals surface area contributed by atoms with Gasteiger partial charge >= 0.3 is 0 Å². The van der Waals surface area contributed by atoms with Gasteiger partial charge in [-0.3, -0.25) is 0 Å². The summed E-state index contributed by atoms with van der Waals surface area (Å²) in [7, 11) is 0. The Morgan fingerprint density at radius 2 is 1.47 bits per heavy atom. The van der Waals surface area contributed by atoms with Gasteiger partial charge in [0.05, 0.1) is 12.7 Å². The molecule has 0 rings (SSSR count). The van der Waals surface area contributed by atoms with Gasteiger partial charge in [-0.05, 0) is 26.7 Å². The molecule has 116 valence electrons. The molecule has 0 aliphatic heterocycles. The molecule has 0 saturated heterocycles. The molecule has 0 aromatic carbocycles. The van der Waals surface area contributed by atoms with E-state index in [2.05, 4.69) is 0 Å². The van der Waals surface area contributed by atoms with Crippen molar-refractivity contribution in [2.75, 3.05) is 13.2 Å². The van der Waals surface area contributed by atoms with E-state index in [0.717, 1.165) is 32.1 Å². The third-order valence-corrected chi connectivity index (χ3v) is 4.39. The number of aliphatic hydroxyl groups is 1. The van der Waals surface area contributed by atoms with Gasteiger partial charge in [0, 0.05) is 6.61 Å². The van der Waals surface area contributed by atoms with Crippen molar-refractivity contribution in [3.05, 3.63) is 0 Å². The van der Waals surface area contributed by atoms with Crippen LogP contribution >= 0.6 is 6.72 Å². The highest BCUT2D eigenvalue weighted by atomic mass is 32.5. The van der Waals surface area contributed by atoms with E-state index in [1.807, 2.05) is 0 Å². The number of rotatable bonds is 13. The monoisotopic (exact) mass is 311 g/mol. The fraction of sp³-hybridized carbons (Fsp3) is 1.00. The highest BCUT2D eigenvalue weighted by Gasteiger charge is 2.05. The Balaban J connectivity index is 3.29. The maximum atomic E-state index is 11.6. The van der Waals surface area contributed by atoms with Crippen molar-refractivity contribution in [2.24, 2.45) is 0 Å². The van der Waals surface area contributed by atoms with E-state index in [9.17, 15) is 4.89 Å². The molecule has 0 heterocycles. The fourth-order valence-electron chi connectivity index (χ4n) is 1.74. The standard InChI is InChI=1S/C13H29O4PS/c1-13(2)17-18(15,19)16-12-10-8-6-4-3-5-7-9-11-14/h13-14H,3-12H2,1-2H3,(H,15,19)/p-1. The smallest absolute Gasteiger partial charge is 0.115 e. The lowest BCUT2D eigenvalue weighted by Crippen LogP contribution is -2.12. The summed E-state index contributed by atoms with van der Waals surface area (Å²) in [5.74, 6) is 0. The Labute approximate surface area is 122 Å². The molecule has 0 spiro atoms. The van der Waals surface area contributed by atoms with Crippen molar-refractivity contribution in [1.29, 1.82) is 0 Å². The molecular formula is C13H28O4PS-. The normalized spacial score (nSPS) is 14.8. The molecule has 0 amide bonds. The predicted octanol–water partition coefficient (Wildman–Crippen LogP) is 3.13. The molecule has 0 aromatic heterocycles. The zero-order valence-corrected chi connectivity index (χ0v) is 13.9. The molecule has 0 radical (unpaired) electrons. The number of aliphatic hydroxyl groups excluding tert-OH is 1. The molecule has 0 fully saturated rings. The van der Waals surface area contributed by atoms with E-state index in [4.69, 9.17) is 26.0 Å². The van der Waals surface area contributed by atoms with E-state index in [1.54, 1.807) is 13.8 Å². The molecule has 0 aliphatic carbocycles. The van der Waals surface area contributed by atoms with Gasteiger partial charge in [0.2, 0.25) is 0 Å². The van der Waals surface area contributed by atoms with Crippen LogP contribution in [-0.4, -0.2) is 24.4 Å². The maximum Gasteiger partial charge on any atom is 0.115 e. The zero-order valence-electron chi connectivity index (χ0n) is 12.2. The number of hydrogen-bond donors (Lipinski definition) is 1. The van der Waals surface area contributed by atoms with Crippen molar-refractivity contribution in [3.63, 3.8) is 0 Å². The molecule has 0 bridgehead atoms. The summed E-state index contributed by atoms with van der Waals surface area (Å²) in [6, 6.07) is 0. The minimum Gasteiger partial charge on any atom is -0.780 e. The van der Waals surface area contributed by atoms with Crippen LogP contribution in [0.1, 0.15) is 65.2 Å². The highest BCUT2D eigenvalue weighted by Crippen LogP contribution is 2.40. The molecule has 6 heteroatoms. The topological polar surface area (TPSA) is 61.8 Å². The van der Waals surface area contributed by atoms with Crippen LogP contribution in [0.2, 0.25) is 0 Å². The van der Waals surface area contributed by atoms with E-state index in [-0.39, 0.29) is 6.10 Å². The van der Waals surface area contributed by atoms with E-state index < -0.39 is 6.72 Å². The molecule has 1 N–H and O–H groups in total. The fourth-order valence-corrected chi connectivity index (χ4v) is 3.41. The Morgan fingerprint density at radius 3 is 1.95 bits per heavy atom. The minimum absolute atomic E-state index is 0.165. The van der Waals surface area contributed by atoms with Crippen LogP contribution in [0.5, 0.6) is 0 Å². The lowest BCUT2D eigenvalue weighted by molar-refractivity contribution is -0.209. The second-order valence-electron chi connectivity index (χ2n) is 4.99. The summed E-state index contributed by atoms with van der Waals surface area (Å²) in [6.45, 7) is 1.04. The first-order valence-corrected chi connectivity index (χ1v) is 9.78. The van der Waals surface area contributed by atoms with Gasteiger partial charge in [0.25, 0.3) is 0 Å². The third-order valence-electron chi connectivity index (χ3n) is 2.64. The van der Waals surface area contributed by atoms with Crippen LogP contribution < -0.4 is 4.89 Å². The summed E-state index contributed by atoms with van der Waals surface area (Å²) in [6.07, 6.45) is 8.59. The maximum absolute atomic E-state index is 11.6. The third kappa shape index (κ3) is 14.7. The van der Waals surface area contributed by atoms with Crippen LogP contribution in [-0.2, 0) is 20.9 Å². The zero-order chi connectivity index (χ0) is 14.6. The average Bonchev–Trinajstić information content (AvgIpc) is 2.30. The van der Waals surface area contributed by atoms with Crippen LogP contribution in [0, 0.1) is 0 Å². The molecule has 0 saturated carbocycles. The van der Waals surface area contributed by atoms with Gasteiger partial charge in [-0.2, -0.15) is 0 Å². The van der Waals surface area contributed by atoms with Crippen LogP contribution in [0.4, 0.5) is 0 Å². The van der Waals surface area contributed by atoms with E-state index in [1.165, 1.54) is 19.3 Å². The lowest BCUT2D eigenvalue weighted by Gasteiger charge is -2.29. The van der Waals surface area contributed by atoms with Crippen molar-refractivity contribution >= 4 is 18.5 Å². The molecule has 1 atom stereocenters. The first kappa shape index (κ1) is 19.5. The molecule has 0 aliphatic rings. The summed E-state index contributed by atoms with van der Waals surface area (Å²) < 4.78 is 10.2. The van der Waals surface area contributed by atoms with Crippen LogP contribution in [0.25, 0.3) is 0 Å². The second-order valence-corrected chi connectivity index (χ2v) is 7.69. The molecule has 0 aromatic rings. The molecule has 4 nitrogen and oxygen atoms in total. The SMILES string of the molecule is CC(C)OP([O-])(=S)OCCCCCCCCCCO. The summed E-state index contributed by atoms with van der Waals surface area (Å²) in [4.78, 5) is 11.6. The van der Waals surface area contributed by atoms with Gasteiger partial charge in [-0.25, -0.2) is 0 Å². The summed E-state index contributed by atoms with van der Waals surface area (Å²) in [5.41, 5.74) is 0. The Hall–Kier alpha value is 0.490. The number of hydrogen-bond acceptors (Lipinski definition) is 5. The van der Waals surface area contributed by atoms with Gasteiger partial charge in [0.15, 0.2) is 0 Å². The average molecular weight is 311 g/mol. The van der Waals surface area contributed by atoms with Crippen LogP contribution in [0.3, 0.4) is 0 Å². The van der Waals surface area contributed by atoms with Gasteiger partial charge in [-0.15, -0.1) is 0 Å². The first-order chi connectivity index (χ1) is 8.98. The number of unbranched alkanes of at least 4 members (excludes halogenated alkanes) is 7. The predicted molar refractivity (Wildman–Crippen MR) is 80.5 cm³/mol. The summed E-state index contributed by atoms with van der Waals surface area (Å²) in [5, 5.41) is 8.63. The quantitative estimate of drug-likeness (QED) is 0.418. The van der Waals surface area contributed by atoms with E-state index in [0.29, 0.717) is 13.2 Å². The second kappa shape index (κ2) is 12.2. The molecular weight excluding hydrogens is 283 g/mol.